The molecule has 0 saturated heterocycles. The number of carbonyl (C=O) groups is 2. The number of hydrogen-bond acceptors (Lipinski definition) is 7. The monoisotopic (exact) mass is 442 g/mol. The number of Topliss-reactive ketones (excluding diaryl/α,β-unsaturated/α-hetero) is 1. The van der Waals surface area contributed by atoms with Crippen molar-refractivity contribution in [2.45, 2.75) is 83.7 Å². The molecule has 7 heteroatoms. The highest BCUT2D eigenvalue weighted by Gasteiger charge is 2.71. The number of aromatic hydroxyl groups is 1. The van der Waals surface area contributed by atoms with Crippen LogP contribution in [0.5, 0.6) is 11.5 Å². The topological polar surface area (TPSA) is 102 Å². The van der Waals surface area contributed by atoms with Crippen molar-refractivity contribution < 1.29 is 34.0 Å². The molecule has 3 heterocycles. The van der Waals surface area contributed by atoms with Crippen molar-refractivity contribution in [2.75, 3.05) is 0 Å². The number of ether oxygens (including phenoxy) is 3. The second-order valence-corrected chi connectivity index (χ2v) is 10.4. The Kier molecular flexibility index (Phi) is 4.33. The van der Waals surface area contributed by atoms with Gasteiger partial charge in [-0.25, -0.2) is 4.79 Å². The van der Waals surface area contributed by atoms with Crippen molar-refractivity contribution in [1.29, 1.82) is 0 Å². The first kappa shape index (κ1) is 21.3. The van der Waals surface area contributed by atoms with Crippen LogP contribution in [-0.4, -0.2) is 39.3 Å². The lowest BCUT2D eigenvalue weighted by atomic mass is 9.52. The Bertz CT molecular complexity index is 1070. The number of aliphatic hydroxyl groups excluding tert-OH is 1. The van der Waals surface area contributed by atoms with Gasteiger partial charge >= 0.3 is 5.97 Å². The van der Waals surface area contributed by atoms with E-state index in [1.54, 1.807) is 6.92 Å². The van der Waals surface area contributed by atoms with Gasteiger partial charge in [0.15, 0.2) is 5.60 Å². The molecule has 0 amide bonds. The van der Waals surface area contributed by atoms with Gasteiger partial charge in [-0.1, -0.05) is 13.8 Å². The summed E-state index contributed by atoms with van der Waals surface area (Å²) in [7, 11) is 0. The van der Waals surface area contributed by atoms with Gasteiger partial charge in [0.05, 0.1) is 11.2 Å². The summed E-state index contributed by atoms with van der Waals surface area (Å²) < 4.78 is 18.5. The Labute approximate surface area is 187 Å². The van der Waals surface area contributed by atoms with Crippen LogP contribution in [-0.2, 0) is 20.7 Å². The lowest BCUT2D eigenvalue weighted by molar-refractivity contribution is -0.236. The third kappa shape index (κ3) is 2.46. The van der Waals surface area contributed by atoms with Crippen LogP contribution in [0.25, 0.3) is 0 Å². The summed E-state index contributed by atoms with van der Waals surface area (Å²) in [6.07, 6.45) is 1.79. The van der Waals surface area contributed by atoms with Gasteiger partial charge in [0.2, 0.25) is 0 Å². The smallest absolute Gasteiger partial charge is 0.342 e. The van der Waals surface area contributed by atoms with E-state index in [1.807, 2.05) is 33.8 Å². The highest BCUT2D eigenvalue weighted by Crippen LogP contribution is 2.62. The van der Waals surface area contributed by atoms with Gasteiger partial charge in [-0.2, -0.15) is 0 Å². The van der Waals surface area contributed by atoms with Gasteiger partial charge in [0.25, 0.3) is 0 Å². The quantitative estimate of drug-likeness (QED) is 0.639. The number of esters is 1. The molecule has 1 aromatic carbocycles. The number of aliphatic hydroxyl groups is 1. The molecule has 4 aliphatic rings. The van der Waals surface area contributed by atoms with Crippen LogP contribution in [0.15, 0.2) is 17.9 Å². The number of hydrogen-bond donors (Lipinski definition) is 2. The lowest BCUT2D eigenvalue weighted by Crippen LogP contribution is -2.74. The summed E-state index contributed by atoms with van der Waals surface area (Å²) in [5.41, 5.74) is -1.80. The van der Waals surface area contributed by atoms with E-state index in [2.05, 4.69) is 0 Å². The van der Waals surface area contributed by atoms with Crippen molar-refractivity contribution in [1.82, 2.24) is 0 Å². The summed E-state index contributed by atoms with van der Waals surface area (Å²) in [6, 6.07) is 1.42. The molecular formula is C25H30O7. The molecule has 2 N–H and O–H groups in total. The highest BCUT2D eigenvalue weighted by atomic mass is 16.6. The van der Waals surface area contributed by atoms with Gasteiger partial charge in [0, 0.05) is 36.0 Å². The molecule has 1 fully saturated rings. The summed E-state index contributed by atoms with van der Waals surface area (Å²) >= 11 is 0. The molecule has 7 nitrogen and oxygen atoms in total. The second-order valence-electron chi connectivity index (χ2n) is 10.4. The number of rotatable bonds is 1. The van der Waals surface area contributed by atoms with Crippen molar-refractivity contribution in [3.8, 4) is 11.5 Å². The van der Waals surface area contributed by atoms with E-state index in [1.165, 1.54) is 6.07 Å². The molecular weight excluding hydrogens is 412 g/mol. The van der Waals surface area contributed by atoms with Crippen molar-refractivity contribution in [3.63, 3.8) is 0 Å². The number of carbonyl (C=O) groups excluding carboxylic acids is 2. The molecule has 0 bridgehead atoms. The largest absolute Gasteiger partial charge is 0.507 e. The zero-order valence-corrected chi connectivity index (χ0v) is 19.2. The number of cyclic esters (lactones) is 1. The molecule has 1 spiro atoms. The van der Waals surface area contributed by atoms with Gasteiger partial charge in [-0.3, -0.25) is 4.79 Å². The maximum absolute atomic E-state index is 13.3. The third-order valence-corrected chi connectivity index (χ3v) is 8.18. The second kappa shape index (κ2) is 6.50. The predicted octanol–water partition coefficient (Wildman–Crippen LogP) is 3.75. The zero-order chi connectivity index (χ0) is 23.2. The number of fused-ring (bicyclic) bond motifs is 3. The molecule has 0 unspecified atom stereocenters. The number of phenolic OH excluding ortho intramolecular Hbond substituents is 1. The summed E-state index contributed by atoms with van der Waals surface area (Å²) in [4.78, 5) is 25.9. The Morgan fingerprint density at radius 3 is 2.59 bits per heavy atom. The summed E-state index contributed by atoms with van der Waals surface area (Å²) in [6.45, 7) is 9.61. The minimum atomic E-state index is -1.12. The standard InChI is InChI=1S/C25H30O7/c1-12(2)16-6-8-23(4)18(27)7-9-24(5)25(23,32-16)11-14-17(31-24)10-15(26)20-19(14)21(28)13(3)30-22(20)29/h6,10,12-13,21,26,28H,7-9,11H2,1-5H3/t13-,21+,23+,24-,25+/m1/s1. The first-order chi connectivity index (χ1) is 14.9. The maximum atomic E-state index is 13.3. The van der Waals surface area contributed by atoms with Gasteiger partial charge < -0.3 is 24.4 Å². The van der Waals surface area contributed by atoms with E-state index >= 15 is 0 Å². The van der Waals surface area contributed by atoms with Crippen LogP contribution in [0, 0.1) is 11.3 Å². The molecule has 1 saturated carbocycles. The van der Waals surface area contributed by atoms with E-state index in [0.29, 0.717) is 36.1 Å². The fraction of sp³-hybridized carbons (Fsp3) is 0.600. The molecule has 32 heavy (non-hydrogen) atoms. The molecule has 5 rings (SSSR count). The molecule has 0 radical (unpaired) electrons. The van der Waals surface area contributed by atoms with Crippen LogP contribution in [0.2, 0.25) is 0 Å². The Morgan fingerprint density at radius 1 is 1.19 bits per heavy atom. The SMILES string of the molecule is CC(C)C1=CC[C@@]2(C)C(=O)CC[C@@]3(C)Oc4cc(O)c5c(c4C[C@@]32O1)[C@@H](O)[C@@H](C)OC5=O. The number of ketones is 1. The summed E-state index contributed by atoms with van der Waals surface area (Å²) in [5, 5.41) is 21.6. The van der Waals surface area contributed by atoms with Crippen molar-refractivity contribution >= 4 is 11.8 Å². The Balaban J connectivity index is 1.77. The van der Waals surface area contributed by atoms with Gasteiger partial charge in [-0.15, -0.1) is 0 Å². The fourth-order valence-electron chi connectivity index (χ4n) is 6.13. The zero-order valence-electron chi connectivity index (χ0n) is 19.2. The Morgan fingerprint density at radius 2 is 1.91 bits per heavy atom. The van der Waals surface area contributed by atoms with E-state index in [0.717, 1.165) is 5.76 Å². The molecule has 5 atom stereocenters. The fourth-order valence-corrected chi connectivity index (χ4v) is 6.13. The van der Waals surface area contributed by atoms with E-state index in [4.69, 9.17) is 14.2 Å². The van der Waals surface area contributed by atoms with Crippen LogP contribution in [0.3, 0.4) is 0 Å². The molecule has 1 aliphatic carbocycles. The van der Waals surface area contributed by atoms with Crippen LogP contribution in [0.1, 0.15) is 81.5 Å². The van der Waals surface area contributed by atoms with E-state index in [9.17, 15) is 19.8 Å². The first-order valence-corrected chi connectivity index (χ1v) is 11.3. The van der Waals surface area contributed by atoms with Crippen molar-refractivity contribution in [3.05, 3.63) is 34.6 Å². The molecule has 1 aromatic rings. The first-order valence-electron chi connectivity index (χ1n) is 11.3. The minimum absolute atomic E-state index is 0.0442. The highest BCUT2D eigenvalue weighted by molar-refractivity contribution is 5.96. The molecule has 3 aliphatic heterocycles. The van der Waals surface area contributed by atoms with Gasteiger partial charge in [0.1, 0.15) is 40.7 Å². The third-order valence-electron chi connectivity index (χ3n) is 8.18. The van der Waals surface area contributed by atoms with Crippen LogP contribution >= 0.6 is 0 Å². The number of allylic oxidation sites excluding steroid dienone is 2. The number of phenols is 1. The average molecular weight is 443 g/mol. The van der Waals surface area contributed by atoms with E-state index in [-0.39, 0.29) is 29.4 Å². The number of benzene rings is 1. The molecule has 0 aromatic heterocycles. The lowest BCUT2D eigenvalue weighted by Gasteiger charge is -2.63. The van der Waals surface area contributed by atoms with Crippen molar-refractivity contribution in [2.24, 2.45) is 11.3 Å². The maximum Gasteiger partial charge on any atom is 0.342 e. The normalized spacial score (nSPS) is 37.8. The summed E-state index contributed by atoms with van der Waals surface area (Å²) in [5.74, 6) is 0.524. The minimum Gasteiger partial charge on any atom is -0.507 e. The molecule has 172 valence electrons. The van der Waals surface area contributed by atoms with Gasteiger partial charge in [-0.05, 0) is 39.7 Å². The average Bonchev–Trinajstić information content (AvgIpc) is 2.71. The van der Waals surface area contributed by atoms with E-state index < -0.39 is 34.8 Å². The van der Waals surface area contributed by atoms with Crippen LogP contribution < -0.4 is 4.74 Å². The van der Waals surface area contributed by atoms with Crippen LogP contribution in [0.4, 0.5) is 0 Å². The predicted molar refractivity (Wildman–Crippen MR) is 114 cm³/mol. The Hall–Kier alpha value is -2.54.